The molecule has 0 bridgehead atoms. The minimum absolute atomic E-state index is 0.0552. The first-order chi connectivity index (χ1) is 7.99. The lowest BCUT2D eigenvalue weighted by Crippen LogP contribution is -2.08. The van der Waals surface area contributed by atoms with E-state index in [4.69, 9.17) is 5.11 Å². The number of carboxylic acids is 1. The Morgan fingerprint density at radius 2 is 2.18 bits per heavy atom. The molecule has 0 aliphatic carbocycles. The number of rotatable bonds is 3. The van der Waals surface area contributed by atoms with Gasteiger partial charge in [-0.3, -0.25) is 9.59 Å². The molecule has 0 atom stereocenters. The molecule has 0 aliphatic rings. The maximum absolute atomic E-state index is 11.2. The number of Topliss-reactive ketones (excluding diaryl/α,β-unsaturated/α-hetero) is 1. The van der Waals surface area contributed by atoms with Gasteiger partial charge < -0.3 is 9.67 Å². The van der Waals surface area contributed by atoms with Crippen LogP contribution in [0.1, 0.15) is 17.3 Å². The maximum Gasteiger partial charge on any atom is 0.323 e. The molecule has 6 heteroatoms. The summed E-state index contributed by atoms with van der Waals surface area (Å²) >= 11 is 4.12. The van der Waals surface area contributed by atoms with E-state index in [-0.39, 0.29) is 12.3 Å². The monoisotopic (exact) mass is 250 g/mol. The van der Waals surface area contributed by atoms with Crippen LogP contribution in [0, 0.1) is 0 Å². The van der Waals surface area contributed by atoms with Gasteiger partial charge in [-0.25, -0.2) is 4.98 Å². The van der Waals surface area contributed by atoms with E-state index >= 15 is 0 Å². The van der Waals surface area contributed by atoms with Gasteiger partial charge >= 0.3 is 5.97 Å². The van der Waals surface area contributed by atoms with E-state index < -0.39 is 5.97 Å². The van der Waals surface area contributed by atoms with Crippen LogP contribution in [0.5, 0.6) is 0 Å². The van der Waals surface area contributed by atoms with Gasteiger partial charge in [0.25, 0.3) is 0 Å². The van der Waals surface area contributed by atoms with Crippen LogP contribution in [0.2, 0.25) is 0 Å². The second kappa shape index (κ2) is 4.21. The Labute approximate surface area is 102 Å². The summed E-state index contributed by atoms with van der Waals surface area (Å²) in [5.41, 5.74) is 1.78. The largest absolute Gasteiger partial charge is 0.480 e. The normalized spacial score (nSPS) is 10.7. The highest BCUT2D eigenvalue weighted by Gasteiger charge is 2.12. The number of carbonyl (C=O) groups is 2. The molecule has 88 valence electrons. The minimum Gasteiger partial charge on any atom is -0.480 e. The highest BCUT2D eigenvalue weighted by atomic mass is 32.1. The Morgan fingerprint density at radius 3 is 2.76 bits per heavy atom. The molecule has 1 N–H and O–H groups in total. The first-order valence-electron chi connectivity index (χ1n) is 4.91. The third-order valence-electron chi connectivity index (χ3n) is 2.43. The summed E-state index contributed by atoms with van der Waals surface area (Å²) in [7, 11) is 0. The van der Waals surface area contributed by atoms with E-state index in [2.05, 4.69) is 17.6 Å². The molecular weight excluding hydrogens is 240 g/mol. The fourth-order valence-corrected chi connectivity index (χ4v) is 1.91. The molecule has 1 aromatic heterocycles. The van der Waals surface area contributed by atoms with Crippen molar-refractivity contribution in [1.82, 2.24) is 9.55 Å². The van der Waals surface area contributed by atoms with Crippen LogP contribution in [0.3, 0.4) is 0 Å². The van der Waals surface area contributed by atoms with Gasteiger partial charge in [0.15, 0.2) is 10.9 Å². The van der Waals surface area contributed by atoms with Crippen molar-refractivity contribution in [2.24, 2.45) is 0 Å². The number of ketones is 1. The van der Waals surface area contributed by atoms with Crippen LogP contribution in [-0.4, -0.2) is 26.4 Å². The van der Waals surface area contributed by atoms with Crippen molar-refractivity contribution in [3.63, 3.8) is 0 Å². The van der Waals surface area contributed by atoms with Gasteiger partial charge in [-0.1, -0.05) is 0 Å². The molecule has 5 nitrogen and oxygen atoms in total. The van der Waals surface area contributed by atoms with E-state index in [0.29, 0.717) is 21.8 Å². The minimum atomic E-state index is -0.963. The molecule has 0 fully saturated rings. The number of carbonyl (C=O) groups excluding carboxylic acids is 1. The number of imidazole rings is 1. The molecule has 1 heterocycles. The number of hydrogen-bond acceptors (Lipinski definition) is 4. The molecule has 0 spiro atoms. The summed E-state index contributed by atoms with van der Waals surface area (Å²) in [5.74, 6) is -1.02. The van der Waals surface area contributed by atoms with E-state index in [1.807, 2.05) is 0 Å². The predicted octanol–water partition coefficient (Wildman–Crippen LogP) is 1.61. The van der Waals surface area contributed by atoms with Crippen LogP contribution >= 0.6 is 12.6 Å². The van der Waals surface area contributed by atoms with Crippen LogP contribution in [0.25, 0.3) is 11.0 Å². The lowest BCUT2D eigenvalue weighted by molar-refractivity contribution is -0.137. The number of carboxylic acid groups (broad SMARTS) is 1. The average molecular weight is 250 g/mol. The second-order valence-electron chi connectivity index (χ2n) is 3.65. The molecule has 2 rings (SSSR count). The van der Waals surface area contributed by atoms with Gasteiger partial charge in [-0.2, -0.15) is 0 Å². The SMILES string of the molecule is CC(=O)c1ccc2c(c1)nc(S)n2CC(=O)O. The third kappa shape index (κ3) is 2.16. The summed E-state index contributed by atoms with van der Waals surface area (Å²) in [6.45, 7) is 1.27. The fraction of sp³-hybridized carbons (Fsp3) is 0.182. The topological polar surface area (TPSA) is 72.2 Å². The zero-order valence-corrected chi connectivity index (χ0v) is 9.94. The van der Waals surface area contributed by atoms with Crippen molar-refractivity contribution >= 4 is 35.4 Å². The van der Waals surface area contributed by atoms with E-state index in [0.717, 1.165) is 0 Å². The van der Waals surface area contributed by atoms with Crippen molar-refractivity contribution in [2.45, 2.75) is 18.6 Å². The fourth-order valence-electron chi connectivity index (χ4n) is 1.63. The summed E-state index contributed by atoms with van der Waals surface area (Å²) in [5, 5.41) is 9.10. The number of benzene rings is 1. The number of fused-ring (bicyclic) bond motifs is 1. The highest BCUT2D eigenvalue weighted by molar-refractivity contribution is 7.80. The maximum atomic E-state index is 11.2. The summed E-state index contributed by atoms with van der Waals surface area (Å²) in [6, 6.07) is 4.97. The smallest absolute Gasteiger partial charge is 0.323 e. The van der Waals surface area contributed by atoms with Gasteiger partial charge in [-0.15, -0.1) is 12.6 Å². The average Bonchev–Trinajstić information content (AvgIpc) is 2.54. The van der Waals surface area contributed by atoms with Crippen molar-refractivity contribution < 1.29 is 14.7 Å². The number of thiol groups is 1. The first-order valence-corrected chi connectivity index (χ1v) is 5.35. The molecular formula is C11H10N2O3S. The summed E-state index contributed by atoms with van der Waals surface area (Å²) < 4.78 is 1.48. The van der Waals surface area contributed by atoms with Crippen LogP contribution in [0.4, 0.5) is 0 Å². The lowest BCUT2D eigenvalue weighted by atomic mass is 10.1. The molecule has 0 amide bonds. The Balaban J connectivity index is 2.60. The van der Waals surface area contributed by atoms with E-state index in [1.165, 1.54) is 11.5 Å². The molecule has 17 heavy (non-hydrogen) atoms. The Bertz CT molecular complexity index is 618. The van der Waals surface area contributed by atoms with Gasteiger partial charge in [0.05, 0.1) is 11.0 Å². The van der Waals surface area contributed by atoms with Crippen molar-refractivity contribution in [2.75, 3.05) is 0 Å². The van der Waals surface area contributed by atoms with Crippen LogP contribution in [-0.2, 0) is 11.3 Å². The predicted molar refractivity (Wildman–Crippen MR) is 64.6 cm³/mol. The number of nitrogens with zero attached hydrogens (tertiary/aromatic N) is 2. The van der Waals surface area contributed by atoms with Gasteiger partial charge in [0.2, 0.25) is 0 Å². The zero-order chi connectivity index (χ0) is 12.6. The third-order valence-corrected chi connectivity index (χ3v) is 2.77. The van der Waals surface area contributed by atoms with Crippen molar-refractivity contribution in [3.8, 4) is 0 Å². The van der Waals surface area contributed by atoms with Gasteiger partial charge in [0.1, 0.15) is 6.54 Å². The summed E-state index contributed by atoms with van der Waals surface area (Å²) in [4.78, 5) is 26.0. The van der Waals surface area contributed by atoms with E-state index in [1.54, 1.807) is 18.2 Å². The van der Waals surface area contributed by atoms with Crippen LogP contribution in [0.15, 0.2) is 23.4 Å². The Kier molecular flexibility index (Phi) is 2.89. The van der Waals surface area contributed by atoms with Crippen LogP contribution < -0.4 is 0 Å². The molecule has 0 unspecified atom stereocenters. The molecule has 0 aliphatic heterocycles. The Hall–Kier alpha value is -1.82. The molecule has 0 radical (unpaired) electrons. The number of aromatic nitrogens is 2. The van der Waals surface area contributed by atoms with E-state index in [9.17, 15) is 9.59 Å². The second-order valence-corrected chi connectivity index (χ2v) is 4.05. The molecule has 0 saturated carbocycles. The van der Waals surface area contributed by atoms with Crippen molar-refractivity contribution in [3.05, 3.63) is 23.8 Å². The first kappa shape index (κ1) is 11.7. The standard InChI is InChI=1S/C11H10N2O3S/c1-6(14)7-2-3-9-8(4-7)12-11(17)13(9)5-10(15)16/h2-4H,5H2,1H3,(H,12,17)(H,15,16). The molecule has 2 aromatic rings. The molecule has 0 saturated heterocycles. The van der Waals surface area contributed by atoms with Gasteiger partial charge in [-0.05, 0) is 25.1 Å². The number of aliphatic carboxylic acids is 1. The van der Waals surface area contributed by atoms with Gasteiger partial charge in [0, 0.05) is 5.56 Å². The quantitative estimate of drug-likeness (QED) is 0.641. The van der Waals surface area contributed by atoms with Crippen molar-refractivity contribution in [1.29, 1.82) is 0 Å². The Morgan fingerprint density at radius 1 is 1.47 bits per heavy atom. The zero-order valence-electron chi connectivity index (χ0n) is 9.04. The number of hydrogen-bond donors (Lipinski definition) is 2. The lowest BCUT2D eigenvalue weighted by Gasteiger charge is -2.02. The molecule has 1 aromatic carbocycles. The highest BCUT2D eigenvalue weighted by Crippen LogP contribution is 2.20. The summed E-state index contributed by atoms with van der Waals surface area (Å²) in [6.07, 6.45) is 0.